The predicted octanol–water partition coefficient (Wildman–Crippen LogP) is 14.7. The average Bonchev–Trinajstić information content (AvgIpc) is 3.27. The van der Waals surface area contributed by atoms with Gasteiger partial charge in [0.1, 0.15) is 0 Å². The Morgan fingerprint density at radius 2 is 0.492 bits per heavy atom. The Bertz CT molecular complexity index is 1280. The highest BCUT2D eigenvalue weighted by Crippen LogP contribution is 2.40. The molecule has 0 radical (unpaired) electrons. The van der Waals surface area contributed by atoms with Gasteiger partial charge in [-0.3, -0.25) is 0 Å². The van der Waals surface area contributed by atoms with Crippen LogP contribution in [0, 0.1) is 45.3 Å². The number of sulfonamides is 2. The molecule has 0 heterocycles. The van der Waals surface area contributed by atoms with Gasteiger partial charge in [0.15, 0.2) is 0 Å². The van der Waals surface area contributed by atoms with E-state index in [0.29, 0.717) is 90.4 Å². The van der Waals surface area contributed by atoms with Crippen LogP contribution in [0.1, 0.15) is 271 Å². The summed E-state index contributed by atoms with van der Waals surface area (Å²) in [4.78, 5) is 0. The number of hydrogen-bond donors (Lipinski definition) is 0. The van der Waals surface area contributed by atoms with E-state index in [4.69, 9.17) is 21.0 Å². The molecule has 10 nitrogen and oxygen atoms in total. The molecule has 12 heteroatoms. The molecule has 0 bridgehead atoms. The van der Waals surface area contributed by atoms with Crippen molar-refractivity contribution >= 4 is 20.0 Å². The van der Waals surface area contributed by atoms with E-state index in [1.165, 1.54) is 0 Å². The molecule has 0 aromatic rings. The molecule has 0 aliphatic rings. The number of rotatable bonds is 48. The number of nitriles is 4. The molecule has 0 saturated carbocycles. The largest absolute Gasteiger partial charge is 0.235 e. The van der Waals surface area contributed by atoms with Crippen LogP contribution in [0.2, 0.25) is 0 Å². The molecule has 0 aliphatic heterocycles. The van der Waals surface area contributed by atoms with Crippen molar-refractivity contribution in [3.8, 4) is 24.3 Å². The maximum atomic E-state index is 15.4. The number of nitrogens with zero attached hydrogens (tertiary/aromatic N) is 6. The van der Waals surface area contributed by atoms with E-state index in [-0.39, 0.29) is 12.8 Å². The number of unbranched alkanes of at least 4 members (excludes halogenated alkanes) is 32. The van der Waals surface area contributed by atoms with Gasteiger partial charge in [-0.2, -0.15) is 21.0 Å². The third-order valence-electron chi connectivity index (χ3n) is 12.7. The molecule has 0 unspecified atom stereocenters. The van der Waals surface area contributed by atoms with Gasteiger partial charge in [-0.25, -0.2) is 25.4 Å². The van der Waals surface area contributed by atoms with Crippen molar-refractivity contribution in [1.29, 1.82) is 21.0 Å². The first-order valence-corrected chi connectivity index (χ1v) is 29.0. The van der Waals surface area contributed by atoms with Crippen LogP contribution in [-0.4, -0.2) is 55.7 Å². The van der Waals surface area contributed by atoms with Crippen molar-refractivity contribution in [2.45, 2.75) is 275 Å². The van der Waals surface area contributed by atoms with Crippen molar-refractivity contribution in [2.24, 2.45) is 0 Å². The second-order valence-electron chi connectivity index (χ2n) is 18.2. The maximum absolute atomic E-state index is 15.4. The van der Waals surface area contributed by atoms with E-state index in [1.807, 2.05) is 13.8 Å². The Labute approximate surface area is 390 Å². The second-order valence-corrected chi connectivity index (χ2v) is 22.9. The molecule has 0 N–H and O–H groups in total. The first-order chi connectivity index (χ1) is 30.7. The zero-order chi connectivity index (χ0) is 46.6. The molecule has 63 heavy (non-hydrogen) atoms. The summed E-state index contributed by atoms with van der Waals surface area (Å²) < 4.78 is 62.9. The smallest absolute Gasteiger partial charge is 0.210 e. The maximum Gasteiger partial charge on any atom is 0.235 e. The van der Waals surface area contributed by atoms with Gasteiger partial charge in [0.25, 0.3) is 0 Å². The minimum atomic E-state index is -4.27. The molecule has 0 aromatic carbocycles. The van der Waals surface area contributed by atoms with Gasteiger partial charge >= 0.3 is 0 Å². The average molecular weight is 919 g/mol. The van der Waals surface area contributed by atoms with Crippen molar-refractivity contribution < 1.29 is 16.8 Å². The van der Waals surface area contributed by atoms with Crippen molar-refractivity contribution in [1.82, 2.24) is 8.61 Å². The van der Waals surface area contributed by atoms with Crippen LogP contribution >= 0.6 is 0 Å². The summed E-state index contributed by atoms with van der Waals surface area (Å²) in [6.45, 7) is 5.24. The fourth-order valence-corrected chi connectivity index (χ4v) is 14.9. The highest BCUT2D eigenvalue weighted by atomic mass is 32.3. The molecular weight excluding hydrogens is 825 g/mol. The van der Waals surface area contributed by atoms with Crippen LogP contribution in [-0.2, 0) is 20.0 Å². The summed E-state index contributed by atoms with van der Waals surface area (Å²) in [5.74, 6) is 0. The third kappa shape index (κ3) is 28.4. The second kappa shape index (κ2) is 42.4. The lowest BCUT2D eigenvalue weighted by atomic mass is 10.1. The quantitative estimate of drug-likeness (QED) is 0.0543. The topological polar surface area (TPSA) is 170 Å². The zero-order valence-electron chi connectivity index (χ0n) is 40.7. The molecule has 0 fully saturated rings. The van der Waals surface area contributed by atoms with Crippen molar-refractivity contribution in [2.75, 3.05) is 26.2 Å². The first-order valence-electron chi connectivity index (χ1n) is 26.1. The summed E-state index contributed by atoms with van der Waals surface area (Å²) in [6.07, 6.45) is 35.4. The van der Waals surface area contributed by atoms with Crippen LogP contribution in [0.4, 0.5) is 0 Å². The molecule has 0 atom stereocenters. The summed E-state index contributed by atoms with van der Waals surface area (Å²) in [6, 6.07) is 8.87. The minimum Gasteiger partial charge on any atom is -0.210 e. The first kappa shape index (κ1) is 60.8. The van der Waals surface area contributed by atoms with Gasteiger partial charge in [0, 0.05) is 51.9 Å². The Kier molecular flexibility index (Phi) is 40.9. The van der Waals surface area contributed by atoms with Crippen molar-refractivity contribution in [3.63, 3.8) is 0 Å². The van der Waals surface area contributed by atoms with E-state index >= 15 is 16.8 Å². The van der Waals surface area contributed by atoms with E-state index in [0.717, 1.165) is 180 Å². The summed E-state index contributed by atoms with van der Waals surface area (Å²) in [5, 5.41) is 35.3. The van der Waals surface area contributed by atoms with E-state index < -0.39 is 24.1 Å². The fraction of sp³-hybridized carbons (Fsp3) is 0.922. The molecule has 0 saturated heterocycles. The molecule has 0 rings (SSSR count). The van der Waals surface area contributed by atoms with E-state index in [2.05, 4.69) is 24.3 Å². The minimum absolute atomic E-state index is 0.0910. The van der Waals surface area contributed by atoms with Gasteiger partial charge in [0.05, 0.1) is 24.3 Å². The lowest BCUT2D eigenvalue weighted by Gasteiger charge is -2.40. The van der Waals surface area contributed by atoms with Crippen molar-refractivity contribution in [3.05, 3.63) is 0 Å². The SMILES string of the molecule is CCCC(CCC)(S(=O)(=O)N(CCCCCCCCCCC#N)CCCCCCCCCCC#N)S(=O)(=O)N(CCCCCCCCCCC#N)CCCCCCCCCCC#N. The van der Waals surface area contributed by atoms with Gasteiger partial charge in [-0.1, -0.05) is 181 Å². The third-order valence-corrected chi connectivity index (χ3v) is 18.7. The molecule has 0 amide bonds. The summed E-state index contributed by atoms with van der Waals surface area (Å²) in [5.41, 5.74) is 0. The summed E-state index contributed by atoms with van der Waals surface area (Å²) >= 11 is 0. The molecule has 364 valence electrons. The monoisotopic (exact) mass is 919 g/mol. The van der Waals surface area contributed by atoms with Gasteiger partial charge < -0.3 is 0 Å². The molecule has 0 aromatic heterocycles. The summed E-state index contributed by atoms with van der Waals surface area (Å²) in [7, 11) is -8.53. The molecule has 0 spiro atoms. The van der Waals surface area contributed by atoms with Crippen LogP contribution in [0.3, 0.4) is 0 Å². The predicted molar refractivity (Wildman–Crippen MR) is 262 cm³/mol. The lowest BCUT2D eigenvalue weighted by Crippen LogP contribution is -2.58. The Balaban J connectivity index is 6.20. The Morgan fingerprint density at radius 1 is 0.317 bits per heavy atom. The van der Waals surface area contributed by atoms with E-state index in [1.54, 1.807) is 8.61 Å². The standard InChI is InChI=1S/C51H94N6O4S2/c1-3-41-51(42-4-2,62(58,59)56(47-37-29-21-13-5-9-17-25-33-43-52)48-38-30-22-14-6-10-18-26-34-44-53)63(60,61)57(49-39-31-23-15-7-11-19-27-35-45-54)50-40-32-24-16-8-12-20-28-36-46-55/h3-42,47-50H2,1-2H3. The van der Waals surface area contributed by atoms with E-state index in [9.17, 15) is 0 Å². The van der Waals surface area contributed by atoms with Crippen LogP contribution in [0.25, 0.3) is 0 Å². The van der Waals surface area contributed by atoms with Gasteiger partial charge in [0.2, 0.25) is 24.1 Å². The van der Waals surface area contributed by atoms with Gasteiger partial charge in [-0.05, 0) is 64.2 Å². The lowest BCUT2D eigenvalue weighted by molar-refractivity contribution is 0.346. The molecular formula is C51H94N6O4S2. The molecule has 0 aliphatic carbocycles. The Morgan fingerprint density at radius 3 is 0.667 bits per heavy atom. The van der Waals surface area contributed by atoms with Crippen LogP contribution < -0.4 is 0 Å². The van der Waals surface area contributed by atoms with Gasteiger partial charge in [-0.15, -0.1) is 0 Å². The Hall–Kier alpha value is -2.22. The normalized spacial score (nSPS) is 12.1. The zero-order valence-corrected chi connectivity index (χ0v) is 42.4. The highest BCUT2D eigenvalue weighted by molar-refractivity contribution is 8.08. The fourth-order valence-electron chi connectivity index (χ4n) is 8.92. The number of hydrogen-bond acceptors (Lipinski definition) is 8. The highest BCUT2D eigenvalue weighted by Gasteiger charge is 2.57. The van der Waals surface area contributed by atoms with Crippen LogP contribution in [0.15, 0.2) is 0 Å². The van der Waals surface area contributed by atoms with Crippen LogP contribution in [0.5, 0.6) is 0 Å².